The monoisotopic (exact) mass is 443 g/mol. The van der Waals surface area contributed by atoms with E-state index < -0.39 is 15.5 Å². The van der Waals surface area contributed by atoms with Crippen molar-refractivity contribution in [1.82, 2.24) is 4.90 Å². The van der Waals surface area contributed by atoms with Crippen LogP contribution in [0.1, 0.15) is 22.1 Å². The second kappa shape index (κ2) is 9.78. The molecule has 0 aromatic heterocycles. The van der Waals surface area contributed by atoms with Crippen LogP contribution in [0, 0.1) is 0 Å². The largest absolute Gasteiger partial charge is 0.383 e. The van der Waals surface area contributed by atoms with Gasteiger partial charge < -0.3 is 9.08 Å². The lowest BCUT2D eigenvalue weighted by atomic mass is 10.1. The Hall–Kier alpha value is -2.83. The van der Waals surface area contributed by atoms with Crippen LogP contribution in [0.4, 0.5) is 0 Å². The van der Waals surface area contributed by atoms with Crippen molar-refractivity contribution in [3.63, 3.8) is 0 Å². The van der Waals surface area contributed by atoms with Crippen molar-refractivity contribution >= 4 is 27.6 Å². The molecule has 0 aliphatic carbocycles. The summed E-state index contributed by atoms with van der Waals surface area (Å²) in [5.74, 6) is 0.0184. The molecule has 3 aromatic carbocycles. The van der Waals surface area contributed by atoms with Crippen molar-refractivity contribution in [2.45, 2.75) is 18.5 Å². The number of amides is 1. The number of benzene rings is 3. The third kappa shape index (κ3) is 6.34. The summed E-state index contributed by atoms with van der Waals surface area (Å²) in [6, 6.07) is 25.5. The normalized spacial score (nSPS) is 12.2. The first-order valence-corrected chi connectivity index (χ1v) is 11.6. The highest BCUT2D eigenvalue weighted by Gasteiger charge is 2.24. The van der Waals surface area contributed by atoms with E-state index in [1.165, 1.54) is 0 Å². The zero-order chi connectivity index (χ0) is 21.6. The lowest BCUT2D eigenvalue weighted by Gasteiger charge is -2.25. The number of alkyl halides is 1. The Balaban J connectivity index is 1.81. The van der Waals surface area contributed by atoms with Gasteiger partial charge in [-0.2, -0.15) is 8.42 Å². The quantitative estimate of drug-likeness (QED) is 0.379. The van der Waals surface area contributed by atoms with E-state index in [4.69, 9.17) is 15.8 Å². The second-order valence-corrected chi connectivity index (χ2v) is 8.90. The number of nitrogens with zero attached hydrogens (tertiary/aromatic N) is 1. The molecule has 0 aliphatic rings. The second-order valence-electron chi connectivity index (χ2n) is 6.88. The van der Waals surface area contributed by atoms with Crippen molar-refractivity contribution in [2.24, 2.45) is 0 Å². The van der Waals surface area contributed by atoms with Gasteiger partial charge in [-0.15, -0.1) is 11.6 Å². The molecular formula is C23H22ClNO4S. The SMILES string of the molecule is CS(=O)(=O)Oc1ccc(CN(Cc2ccccc2)C(=O)C(Cl)c2ccccc2)cc1. The highest BCUT2D eigenvalue weighted by molar-refractivity contribution is 7.86. The Morgan fingerprint density at radius 3 is 1.90 bits per heavy atom. The molecule has 0 N–H and O–H groups in total. The predicted molar refractivity (Wildman–Crippen MR) is 118 cm³/mol. The maximum absolute atomic E-state index is 13.2. The topological polar surface area (TPSA) is 63.7 Å². The Morgan fingerprint density at radius 2 is 1.37 bits per heavy atom. The number of carbonyl (C=O) groups is 1. The molecule has 0 saturated carbocycles. The maximum atomic E-state index is 13.2. The maximum Gasteiger partial charge on any atom is 0.306 e. The van der Waals surface area contributed by atoms with Crippen LogP contribution in [-0.4, -0.2) is 25.5 Å². The van der Waals surface area contributed by atoms with Gasteiger partial charge in [0, 0.05) is 13.1 Å². The molecule has 3 aromatic rings. The van der Waals surface area contributed by atoms with Gasteiger partial charge in [0.2, 0.25) is 5.91 Å². The van der Waals surface area contributed by atoms with E-state index in [0.29, 0.717) is 13.1 Å². The standard InChI is InChI=1S/C23H22ClNO4S/c1-30(27,28)29-21-14-12-19(13-15-21)17-25(16-18-8-4-2-5-9-18)23(26)22(24)20-10-6-3-7-11-20/h2-15,22H,16-17H2,1H3. The van der Waals surface area contributed by atoms with Crippen LogP contribution >= 0.6 is 11.6 Å². The molecule has 0 saturated heterocycles. The summed E-state index contributed by atoms with van der Waals surface area (Å²) in [5, 5.41) is -0.803. The fourth-order valence-corrected chi connectivity index (χ4v) is 3.73. The molecule has 0 spiro atoms. The first-order valence-electron chi connectivity index (χ1n) is 9.32. The molecule has 1 amide bonds. The van der Waals surface area contributed by atoms with Crippen molar-refractivity contribution in [2.75, 3.05) is 6.26 Å². The summed E-state index contributed by atoms with van der Waals surface area (Å²) in [4.78, 5) is 14.9. The van der Waals surface area contributed by atoms with Gasteiger partial charge >= 0.3 is 10.1 Å². The molecule has 0 heterocycles. The molecule has 5 nitrogen and oxygen atoms in total. The van der Waals surface area contributed by atoms with Crippen molar-refractivity contribution in [1.29, 1.82) is 0 Å². The van der Waals surface area contributed by atoms with Crippen molar-refractivity contribution in [3.05, 3.63) is 102 Å². The average molecular weight is 444 g/mol. The van der Waals surface area contributed by atoms with E-state index >= 15 is 0 Å². The fourth-order valence-electron chi connectivity index (χ4n) is 2.99. The van der Waals surface area contributed by atoms with Crippen LogP contribution in [0.2, 0.25) is 0 Å². The minimum Gasteiger partial charge on any atom is -0.383 e. The van der Waals surface area contributed by atoms with Crippen LogP contribution in [-0.2, 0) is 28.0 Å². The number of hydrogen-bond donors (Lipinski definition) is 0. The Kier molecular flexibility index (Phi) is 7.13. The van der Waals surface area contributed by atoms with Gasteiger partial charge in [0.15, 0.2) is 0 Å². The average Bonchev–Trinajstić information content (AvgIpc) is 2.74. The number of rotatable bonds is 8. The zero-order valence-electron chi connectivity index (χ0n) is 16.4. The number of halogens is 1. The molecule has 1 atom stereocenters. The first-order chi connectivity index (χ1) is 14.3. The minimum absolute atomic E-state index is 0.205. The third-order valence-electron chi connectivity index (χ3n) is 4.38. The van der Waals surface area contributed by atoms with E-state index in [9.17, 15) is 13.2 Å². The summed E-state index contributed by atoms with van der Waals surface area (Å²) in [5.41, 5.74) is 2.55. The van der Waals surface area contributed by atoms with Crippen LogP contribution in [0.15, 0.2) is 84.9 Å². The molecule has 1 unspecified atom stereocenters. The molecular weight excluding hydrogens is 422 g/mol. The predicted octanol–water partition coefficient (Wildman–Crippen LogP) is 4.53. The van der Waals surface area contributed by atoms with E-state index in [1.54, 1.807) is 29.2 Å². The molecule has 0 aliphatic heterocycles. The molecule has 0 bridgehead atoms. The highest BCUT2D eigenvalue weighted by atomic mass is 35.5. The zero-order valence-corrected chi connectivity index (χ0v) is 18.0. The Bertz CT molecular complexity index is 1070. The van der Waals surface area contributed by atoms with E-state index in [-0.39, 0.29) is 11.7 Å². The number of carbonyl (C=O) groups excluding carboxylic acids is 1. The lowest BCUT2D eigenvalue weighted by molar-refractivity contribution is -0.132. The molecule has 0 radical (unpaired) electrons. The van der Waals surface area contributed by atoms with Crippen LogP contribution in [0.3, 0.4) is 0 Å². The minimum atomic E-state index is -3.59. The van der Waals surface area contributed by atoms with Gasteiger partial charge in [-0.25, -0.2) is 0 Å². The molecule has 3 rings (SSSR count). The molecule has 7 heteroatoms. The van der Waals surface area contributed by atoms with Gasteiger partial charge in [-0.3, -0.25) is 4.79 Å². The fraction of sp³-hybridized carbons (Fsp3) is 0.174. The van der Waals surface area contributed by atoms with E-state index in [1.807, 2.05) is 60.7 Å². The van der Waals surface area contributed by atoms with Crippen LogP contribution in [0.5, 0.6) is 5.75 Å². The molecule has 30 heavy (non-hydrogen) atoms. The first kappa shape index (κ1) is 21.9. The lowest BCUT2D eigenvalue weighted by Crippen LogP contribution is -2.32. The summed E-state index contributed by atoms with van der Waals surface area (Å²) >= 11 is 6.50. The summed E-state index contributed by atoms with van der Waals surface area (Å²) in [6.45, 7) is 0.722. The third-order valence-corrected chi connectivity index (χ3v) is 5.32. The van der Waals surface area contributed by atoms with Crippen LogP contribution < -0.4 is 4.18 Å². The van der Waals surface area contributed by atoms with Crippen molar-refractivity contribution in [3.8, 4) is 5.75 Å². The summed E-state index contributed by atoms with van der Waals surface area (Å²) in [6.07, 6.45) is 0.991. The van der Waals surface area contributed by atoms with Gasteiger partial charge in [-0.1, -0.05) is 72.8 Å². The van der Waals surface area contributed by atoms with Crippen LogP contribution in [0.25, 0.3) is 0 Å². The number of hydrogen-bond acceptors (Lipinski definition) is 4. The van der Waals surface area contributed by atoms with Gasteiger partial charge in [0.05, 0.1) is 6.26 Å². The smallest absolute Gasteiger partial charge is 0.306 e. The Morgan fingerprint density at radius 1 is 0.867 bits per heavy atom. The summed E-state index contributed by atoms with van der Waals surface area (Å²) in [7, 11) is -3.59. The van der Waals surface area contributed by atoms with E-state index in [2.05, 4.69) is 0 Å². The van der Waals surface area contributed by atoms with E-state index in [0.717, 1.165) is 22.9 Å². The molecule has 0 fully saturated rings. The van der Waals surface area contributed by atoms with Gasteiger partial charge in [0.1, 0.15) is 11.1 Å². The summed E-state index contributed by atoms with van der Waals surface area (Å²) < 4.78 is 27.4. The molecule has 156 valence electrons. The Labute approximate surface area is 182 Å². The highest BCUT2D eigenvalue weighted by Crippen LogP contribution is 2.25. The van der Waals surface area contributed by atoms with Gasteiger partial charge in [-0.05, 0) is 28.8 Å². The van der Waals surface area contributed by atoms with Crippen molar-refractivity contribution < 1.29 is 17.4 Å². The van der Waals surface area contributed by atoms with Gasteiger partial charge in [0.25, 0.3) is 0 Å².